The fourth-order valence-electron chi connectivity index (χ4n) is 6.90. The van der Waals surface area contributed by atoms with Crippen LogP contribution in [0.2, 0.25) is 0 Å². The van der Waals surface area contributed by atoms with Crippen molar-refractivity contribution >= 4 is 5.97 Å². The topological polar surface area (TPSA) is 102 Å². The Morgan fingerprint density at radius 3 is 2.42 bits per heavy atom. The third-order valence-electron chi connectivity index (χ3n) is 9.71. The first-order chi connectivity index (χ1) is 20.6. The Balaban J connectivity index is 1.16. The van der Waals surface area contributed by atoms with Crippen LogP contribution in [0.4, 0.5) is 0 Å². The zero-order valence-electron chi connectivity index (χ0n) is 26.6. The average Bonchev–Trinajstić information content (AvgIpc) is 3.75. The van der Waals surface area contributed by atoms with Crippen molar-refractivity contribution in [1.82, 2.24) is 34.6 Å². The van der Waals surface area contributed by atoms with E-state index in [4.69, 9.17) is 4.98 Å². The van der Waals surface area contributed by atoms with Gasteiger partial charge in [0, 0.05) is 57.4 Å². The van der Waals surface area contributed by atoms with Gasteiger partial charge in [-0.1, -0.05) is 38.1 Å². The van der Waals surface area contributed by atoms with Crippen molar-refractivity contribution < 1.29 is 9.90 Å². The molecule has 0 bridgehead atoms. The number of nitrogens with one attached hydrogen (secondary N) is 2. The summed E-state index contributed by atoms with van der Waals surface area (Å²) in [6.07, 6.45) is 13.5. The number of nitrogens with zero attached hydrogens (tertiary/aromatic N) is 5. The number of carboxylic acids is 1. The normalized spacial score (nSPS) is 18.5. The minimum absolute atomic E-state index is 0.0117. The predicted octanol–water partition coefficient (Wildman–Crippen LogP) is 4.88. The molecule has 2 aromatic heterocycles. The van der Waals surface area contributed by atoms with Crippen molar-refractivity contribution in [3.05, 3.63) is 71.8 Å². The molecule has 5 rings (SSSR count). The monoisotopic (exact) mass is 589 g/mol. The Bertz CT molecular complexity index is 1290. The lowest BCUT2D eigenvalue weighted by molar-refractivity contribution is -0.142. The highest BCUT2D eigenvalue weighted by molar-refractivity contribution is 5.80. The number of benzene rings is 1. The highest BCUT2D eigenvalue weighted by atomic mass is 16.4. The Morgan fingerprint density at radius 1 is 1.05 bits per heavy atom. The number of rotatable bonds is 14. The van der Waals surface area contributed by atoms with Crippen LogP contribution in [0, 0.1) is 11.3 Å². The lowest BCUT2D eigenvalue weighted by Crippen LogP contribution is -2.42. The molecule has 2 aliphatic rings. The number of hydrogen-bond donors (Lipinski definition) is 3. The van der Waals surface area contributed by atoms with Gasteiger partial charge in [-0.3, -0.25) is 4.79 Å². The zero-order chi connectivity index (χ0) is 30.5. The largest absolute Gasteiger partial charge is 0.481 e. The third kappa shape index (κ3) is 7.94. The summed E-state index contributed by atoms with van der Waals surface area (Å²) in [6.45, 7) is 17.1. The van der Waals surface area contributed by atoms with Gasteiger partial charge < -0.3 is 29.8 Å². The maximum atomic E-state index is 11.7. The molecule has 234 valence electrons. The number of carbonyl (C=O) groups is 1. The molecule has 1 aromatic carbocycles. The van der Waals surface area contributed by atoms with Crippen molar-refractivity contribution in [3.8, 4) is 0 Å². The number of likely N-dealkylation sites (tertiary alicyclic amines) is 2. The SMILES string of the molecule is CC(C)CN1CCC2(CC1)CCN(CCCn1ccnc1C(Cc1ncc[nH]1)NCc1ccc(C(C)(C)C(=O)O)cc1)C2. The van der Waals surface area contributed by atoms with Crippen molar-refractivity contribution in [2.45, 2.75) is 84.3 Å². The van der Waals surface area contributed by atoms with Crippen LogP contribution in [0.15, 0.2) is 49.1 Å². The molecule has 2 aliphatic heterocycles. The van der Waals surface area contributed by atoms with Gasteiger partial charge in [0.05, 0.1) is 11.5 Å². The fraction of sp³-hybridized carbons (Fsp3) is 0.618. The standard InChI is InChI=1S/C34H51N7O2/c1-26(2)24-39-18-10-34(11-19-39)12-20-40(25-34)16-5-17-41-21-15-37-31(41)29(22-30-35-13-14-36-30)38-23-27-6-8-28(9-7-27)33(3,4)32(42)43/h6-9,13-15,21,26,29,38H,5,10-12,16-20,22-25H2,1-4H3,(H,35,36)(H,42,43). The van der Waals surface area contributed by atoms with Gasteiger partial charge >= 0.3 is 5.97 Å². The van der Waals surface area contributed by atoms with Gasteiger partial charge in [0.15, 0.2) is 0 Å². The summed E-state index contributed by atoms with van der Waals surface area (Å²) in [7, 11) is 0. The number of aromatic nitrogens is 4. The highest BCUT2D eigenvalue weighted by Gasteiger charge is 2.40. The van der Waals surface area contributed by atoms with Crippen LogP contribution < -0.4 is 5.32 Å². The van der Waals surface area contributed by atoms with Gasteiger partial charge in [-0.05, 0) is 88.2 Å². The van der Waals surface area contributed by atoms with E-state index < -0.39 is 11.4 Å². The minimum atomic E-state index is -0.917. The molecular formula is C34H51N7O2. The molecule has 9 heteroatoms. The van der Waals surface area contributed by atoms with E-state index in [0.717, 1.165) is 48.2 Å². The molecule has 1 unspecified atom stereocenters. The van der Waals surface area contributed by atoms with Gasteiger partial charge in [0.2, 0.25) is 0 Å². The summed E-state index contributed by atoms with van der Waals surface area (Å²) < 4.78 is 2.30. The van der Waals surface area contributed by atoms with E-state index in [1.165, 1.54) is 52.0 Å². The second kappa shape index (κ2) is 13.7. The quantitative estimate of drug-likeness (QED) is 0.246. The molecule has 3 aromatic rings. The van der Waals surface area contributed by atoms with Gasteiger partial charge in [-0.25, -0.2) is 9.97 Å². The molecule has 2 saturated heterocycles. The van der Waals surface area contributed by atoms with Crippen LogP contribution >= 0.6 is 0 Å². The molecule has 0 radical (unpaired) electrons. The van der Waals surface area contributed by atoms with Crippen molar-refractivity contribution in [2.75, 3.05) is 39.3 Å². The Labute approximate surface area is 257 Å². The van der Waals surface area contributed by atoms with E-state index in [1.54, 1.807) is 20.0 Å². The number of H-pyrrole nitrogens is 1. The molecule has 0 amide bonds. The molecule has 0 saturated carbocycles. The number of hydrogen-bond acceptors (Lipinski definition) is 6. The predicted molar refractivity (Wildman–Crippen MR) is 170 cm³/mol. The Hall–Kier alpha value is -3.01. The van der Waals surface area contributed by atoms with E-state index in [2.05, 4.69) is 49.7 Å². The summed E-state index contributed by atoms with van der Waals surface area (Å²) in [5.41, 5.74) is 1.52. The summed E-state index contributed by atoms with van der Waals surface area (Å²) in [6, 6.07) is 7.86. The van der Waals surface area contributed by atoms with Crippen LogP contribution in [0.25, 0.3) is 0 Å². The van der Waals surface area contributed by atoms with Gasteiger partial charge in [-0.2, -0.15) is 0 Å². The van der Waals surface area contributed by atoms with Crippen LogP contribution in [-0.2, 0) is 29.7 Å². The Morgan fingerprint density at radius 2 is 1.77 bits per heavy atom. The number of piperidine rings is 1. The van der Waals surface area contributed by atoms with E-state index in [0.29, 0.717) is 18.4 Å². The number of aryl methyl sites for hydroxylation is 1. The molecule has 4 heterocycles. The number of aliphatic carboxylic acids is 1. The van der Waals surface area contributed by atoms with Crippen molar-refractivity contribution in [2.24, 2.45) is 11.3 Å². The van der Waals surface area contributed by atoms with E-state index >= 15 is 0 Å². The van der Waals surface area contributed by atoms with Crippen LogP contribution in [0.5, 0.6) is 0 Å². The summed E-state index contributed by atoms with van der Waals surface area (Å²) in [5.74, 6) is 1.87. The average molecular weight is 590 g/mol. The van der Waals surface area contributed by atoms with Gasteiger partial charge in [-0.15, -0.1) is 0 Å². The van der Waals surface area contributed by atoms with Gasteiger partial charge in [0.25, 0.3) is 0 Å². The molecule has 1 atom stereocenters. The first-order valence-electron chi connectivity index (χ1n) is 16.1. The molecule has 43 heavy (non-hydrogen) atoms. The molecule has 0 aliphatic carbocycles. The summed E-state index contributed by atoms with van der Waals surface area (Å²) >= 11 is 0. The molecular weight excluding hydrogens is 538 g/mol. The number of carboxylic acid groups (broad SMARTS) is 1. The lowest BCUT2D eigenvalue weighted by atomic mass is 9.77. The molecule has 2 fully saturated rings. The number of imidazole rings is 2. The fourth-order valence-corrected chi connectivity index (χ4v) is 6.90. The molecule has 3 N–H and O–H groups in total. The van der Waals surface area contributed by atoms with Crippen LogP contribution in [0.3, 0.4) is 0 Å². The lowest BCUT2D eigenvalue weighted by Gasteiger charge is -2.40. The van der Waals surface area contributed by atoms with Gasteiger partial charge in [0.1, 0.15) is 11.6 Å². The maximum absolute atomic E-state index is 11.7. The Kier molecular flexibility index (Phi) is 10.0. The van der Waals surface area contributed by atoms with Crippen LogP contribution in [-0.4, -0.2) is 79.7 Å². The van der Waals surface area contributed by atoms with Crippen LogP contribution in [0.1, 0.15) is 82.2 Å². The summed E-state index contributed by atoms with van der Waals surface area (Å²) in [4.78, 5) is 29.6. The van der Waals surface area contributed by atoms with E-state index in [-0.39, 0.29) is 6.04 Å². The summed E-state index contributed by atoms with van der Waals surface area (Å²) in [5, 5.41) is 13.3. The first-order valence-corrected chi connectivity index (χ1v) is 16.1. The zero-order valence-corrected chi connectivity index (χ0v) is 26.6. The minimum Gasteiger partial charge on any atom is -0.481 e. The second-order valence-corrected chi connectivity index (χ2v) is 13.9. The number of aromatic amines is 1. The van der Waals surface area contributed by atoms with Crippen molar-refractivity contribution in [3.63, 3.8) is 0 Å². The third-order valence-corrected chi connectivity index (χ3v) is 9.71. The second-order valence-electron chi connectivity index (χ2n) is 13.9. The maximum Gasteiger partial charge on any atom is 0.313 e. The first kappa shape index (κ1) is 31.4. The van der Waals surface area contributed by atoms with E-state index in [1.807, 2.05) is 36.7 Å². The smallest absolute Gasteiger partial charge is 0.313 e. The molecule has 9 nitrogen and oxygen atoms in total. The van der Waals surface area contributed by atoms with Crippen molar-refractivity contribution in [1.29, 1.82) is 0 Å². The van der Waals surface area contributed by atoms with E-state index in [9.17, 15) is 9.90 Å². The highest BCUT2D eigenvalue weighted by Crippen LogP contribution is 2.40. The molecule has 1 spiro atoms.